The summed E-state index contributed by atoms with van der Waals surface area (Å²) in [6.07, 6.45) is -2.44. The van der Waals surface area contributed by atoms with E-state index in [-0.39, 0.29) is 56.7 Å². The number of halogens is 5. The highest BCUT2D eigenvalue weighted by molar-refractivity contribution is 7.90. The average Bonchev–Trinajstić information content (AvgIpc) is 3.51. The molecule has 0 aromatic heterocycles. The smallest absolute Gasteiger partial charge is 0.416 e. The van der Waals surface area contributed by atoms with Crippen molar-refractivity contribution < 1.29 is 54.3 Å². The Kier molecular flexibility index (Phi) is 12.9. The number of ether oxygens (including phenoxy) is 1. The Balaban J connectivity index is 1.19. The minimum absolute atomic E-state index is 0.0489. The van der Waals surface area contributed by atoms with Crippen molar-refractivity contribution in [3.8, 4) is 0 Å². The van der Waals surface area contributed by atoms with E-state index in [1.54, 1.807) is 6.07 Å². The Bertz CT molecular complexity index is 2350. The summed E-state index contributed by atoms with van der Waals surface area (Å²) >= 11 is 0. The van der Waals surface area contributed by atoms with E-state index in [1.807, 2.05) is 4.72 Å². The zero-order valence-corrected chi connectivity index (χ0v) is 34.4. The largest absolute Gasteiger partial charge is 0.444 e. The molecular formula is C43H47F5N6O7S. The summed E-state index contributed by atoms with van der Waals surface area (Å²) in [4.78, 5) is 58.5. The Morgan fingerprint density at radius 3 is 2.48 bits per heavy atom. The molecule has 5 atom stereocenters. The first-order valence-electron chi connectivity index (χ1n) is 20.5. The monoisotopic (exact) mass is 886 g/mol. The Morgan fingerprint density at radius 1 is 0.984 bits per heavy atom. The number of alkyl halides is 3. The number of hydrogen-bond acceptors (Lipinski definition) is 9. The van der Waals surface area contributed by atoms with Crippen LogP contribution in [0, 0.1) is 17.6 Å². The second-order valence-corrected chi connectivity index (χ2v) is 17.8. The van der Waals surface area contributed by atoms with Crippen molar-refractivity contribution >= 4 is 39.5 Å². The van der Waals surface area contributed by atoms with Gasteiger partial charge in [-0.2, -0.15) is 13.2 Å². The summed E-state index contributed by atoms with van der Waals surface area (Å²) in [5.74, 6) is -4.82. The normalized spacial score (nSPS) is 25.7. The standard InChI is InChI=1S/C43H47F5N6O7S/c1-2-28-21-42(28)40(57)52-62(59,60)37-19-29(44)16-17-34(37)49-18-9-5-3-4-6-15-35(50-22-26-11-7-8-13-32(26)43(46,47)48)39(56)54-24-30(20-36(54)38(55)51-42)61-41(58)53-23-27-12-10-14-33(45)31(27)25-53/h2,7-8,10-14,16-17,19,28,30,35-36,49-50H,1,3-6,9,15,18,20-25H2,(H,51,55)(H,52,57)/t28-,30-,35+,36+,42-/m1/s1. The van der Waals surface area contributed by atoms with Gasteiger partial charge in [-0.15, -0.1) is 6.58 Å². The molecule has 7 rings (SSSR count). The minimum Gasteiger partial charge on any atom is -0.444 e. The number of benzene rings is 3. The Labute approximate surface area is 355 Å². The number of hydrogen-bond donors (Lipinski definition) is 4. The molecule has 1 spiro atoms. The van der Waals surface area contributed by atoms with Gasteiger partial charge in [0.05, 0.1) is 30.4 Å². The van der Waals surface area contributed by atoms with E-state index in [0.29, 0.717) is 49.8 Å². The van der Waals surface area contributed by atoms with E-state index in [4.69, 9.17) is 4.74 Å². The van der Waals surface area contributed by atoms with Crippen LogP contribution in [-0.2, 0) is 55.0 Å². The topological polar surface area (TPSA) is 166 Å². The molecule has 3 aliphatic heterocycles. The van der Waals surface area contributed by atoms with Crippen molar-refractivity contribution in [1.82, 2.24) is 25.2 Å². The van der Waals surface area contributed by atoms with Crippen molar-refractivity contribution in [3.63, 3.8) is 0 Å². The molecule has 13 nitrogen and oxygen atoms in total. The van der Waals surface area contributed by atoms with Gasteiger partial charge in [0.15, 0.2) is 0 Å². The molecule has 0 radical (unpaired) electrons. The maximum absolute atomic E-state index is 14.7. The molecule has 2 fully saturated rings. The van der Waals surface area contributed by atoms with E-state index in [2.05, 4.69) is 22.5 Å². The molecule has 4 aliphatic rings. The van der Waals surface area contributed by atoms with Gasteiger partial charge in [0.1, 0.15) is 34.2 Å². The van der Waals surface area contributed by atoms with Gasteiger partial charge in [-0.1, -0.05) is 62.1 Å². The summed E-state index contributed by atoms with van der Waals surface area (Å²) in [7, 11) is -4.73. The zero-order chi connectivity index (χ0) is 44.4. The maximum Gasteiger partial charge on any atom is 0.416 e. The van der Waals surface area contributed by atoms with Crippen molar-refractivity contribution in [2.75, 3.05) is 18.4 Å². The molecule has 3 heterocycles. The molecule has 3 aromatic carbocycles. The lowest BCUT2D eigenvalue weighted by molar-refractivity contribution is -0.141. The highest BCUT2D eigenvalue weighted by atomic mass is 32.2. The van der Waals surface area contributed by atoms with E-state index in [0.717, 1.165) is 23.1 Å². The number of carbonyl (C=O) groups is 4. The number of nitrogens with one attached hydrogen (secondary N) is 4. The zero-order valence-electron chi connectivity index (χ0n) is 33.6. The SMILES string of the molecule is C=C[C@@H]1C[C@@]12NC(=O)[C@@H]1C[C@@H](OC(=O)N3Cc4cccc(F)c4C3)CN1C(=O)[C@@H](NCc1ccccc1C(F)(F)F)CCCCCCCNc1ccc(F)cc1S(=O)(=O)NC2=O. The van der Waals surface area contributed by atoms with Crippen LogP contribution in [0.1, 0.15) is 73.6 Å². The van der Waals surface area contributed by atoms with Crippen LogP contribution in [0.4, 0.5) is 32.4 Å². The number of fused-ring (bicyclic) bond motifs is 3. The molecular weight excluding hydrogens is 840 g/mol. The van der Waals surface area contributed by atoms with E-state index >= 15 is 0 Å². The Morgan fingerprint density at radius 2 is 1.74 bits per heavy atom. The van der Waals surface area contributed by atoms with Crippen molar-refractivity contribution in [2.45, 2.75) is 106 Å². The second kappa shape index (κ2) is 18.0. The molecule has 62 heavy (non-hydrogen) atoms. The van der Waals surface area contributed by atoms with Crippen LogP contribution >= 0.6 is 0 Å². The van der Waals surface area contributed by atoms with Gasteiger partial charge in [-0.3, -0.25) is 19.3 Å². The fraction of sp³-hybridized carbons (Fsp3) is 0.442. The average molecular weight is 887 g/mol. The third-order valence-corrected chi connectivity index (χ3v) is 13.3. The molecule has 0 unspecified atom stereocenters. The summed E-state index contributed by atoms with van der Waals surface area (Å²) in [6, 6.07) is 10.0. The lowest BCUT2D eigenvalue weighted by Gasteiger charge is -2.30. The molecule has 19 heteroatoms. The van der Waals surface area contributed by atoms with Gasteiger partial charge in [0.2, 0.25) is 11.8 Å². The molecule has 1 saturated heterocycles. The van der Waals surface area contributed by atoms with Crippen molar-refractivity contribution in [2.24, 2.45) is 5.92 Å². The van der Waals surface area contributed by atoms with Gasteiger partial charge in [0.25, 0.3) is 15.9 Å². The first-order valence-corrected chi connectivity index (χ1v) is 21.9. The fourth-order valence-electron chi connectivity index (χ4n) is 8.50. The predicted molar refractivity (Wildman–Crippen MR) is 215 cm³/mol. The third-order valence-electron chi connectivity index (χ3n) is 12.0. The van der Waals surface area contributed by atoms with E-state index < -0.39 is 91.8 Å². The van der Waals surface area contributed by atoms with Crippen molar-refractivity contribution in [1.29, 1.82) is 0 Å². The summed E-state index contributed by atoms with van der Waals surface area (Å²) in [5, 5.41) is 8.64. The lowest BCUT2D eigenvalue weighted by Crippen LogP contribution is -2.57. The predicted octanol–water partition coefficient (Wildman–Crippen LogP) is 5.90. The molecule has 1 aliphatic carbocycles. The highest BCUT2D eigenvalue weighted by Gasteiger charge is 2.61. The number of carbonyl (C=O) groups excluding carboxylic acids is 4. The number of sulfonamides is 1. The lowest BCUT2D eigenvalue weighted by atomic mass is 10.0. The van der Waals surface area contributed by atoms with Gasteiger partial charge in [-0.05, 0) is 60.7 Å². The van der Waals surface area contributed by atoms with Gasteiger partial charge in [0, 0.05) is 37.5 Å². The molecule has 4 N–H and O–H groups in total. The number of rotatable bonds is 5. The van der Waals surface area contributed by atoms with Crippen LogP contribution < -0.4 is 20.7 Å². The van der Waals surface area contributed by atoms with Crippen LogP contribution in [0.15, 0.2) is 78.2 Å². The third kappa shape index (κ3) is 9.57. The fourth-order valence-corrected chi connectivity index (χ4v) is 9.73. The number of nitrogens with zero attached hydrogens (tertiary/aromatic N) is 2. The highest BCUT2D eigenvalue weighted by Crippen LogP contribution is 2.45. The summed E-state index contributed by atoms with van der Waals surface area (Å²) in [6.45, 7) is 3.32. The molecule has 332 valence electrons. The second-order valence-electron chi connectivity index (χ2n) is 16.1. The van der Waals surface area contributed by atoms with Crippen LogP contribution in [0.5, 0.6) is 0 Å². The first-order chi connectivity index (χ1) is 29.5. The summed E-state index contributed by atoms with van der Waals surface area (Å²) in [5.41, 5.74) is -1.88. The number of amides is 4. The van der Waals surface area contributed by atoms with Crippen LogP contribution in [0.25, 0.3) is 0 Å². The van der Waals surface area contributed by atoms with Gasteiger partial charge >= 0.3 is 12.3 Å². The van der Waals surface area contributed by atoms with Gasteiger partial charge in [-0.25, -0.2) is 26.7 Å². The Hall–Kier alpha value is -5.56. The maximum atomic E-state index is 14.7. The molecule has 4 amide bonds. The van der Waals surface area contributed by atoms with E-state index in [1.165, 1.54) is 47.4 Å². The number of anilines is 1. The van der Waals surface area contributed by atoms with Crippen LogP contribution in [0.3, 0.4) is 0 Å². The molecule has 3 aromatic rings. The van der Waals surface area contributed by atoms with Crippen LogP contribution in [-0.4, -0.2) is 78.8 Å². The summed E-state index contributed by atoms with van der Waals surface area (Å²) < 4.78 is 106. The quantitative estimate of drug-likeness (QED) is 0.181. The molecule has 0 bridgehead atoms. The van der Waals surface area contributed by atoms with Crippen LogP contribution in [0.2, 0.25) is 0 Å². The van der Waals surface area contributed by atoms with Gasteiger partial charge < -0.3 is 25.6 Å². The van der Waals surface area contributed by atoms with E-state index in [9.17, 15) is 49.5 Å². The minimum atomic E-state index is -4.73. The van der Waals surface area contributed by atoms with Crippen molar-refractivity contribution in [3.05, 3.63) is 107 Å². The molecule has 1 saturated carbocycles. The first kappa shape index (κ1) is 44.5.